The van der Waals surface area contributed by atoms with Crippen LogP contribution in [0.25, 0.3) is 0 Å². The van der Waals surface area contributed by atoms with Crippen molar-refractivity contribution in [3.63, 3.8) is 0 Å². The maximum absolute atomic E-state index is 13.5. The van der Waals surface area contributed by atoms with Crippen LogP contribution in [0.2, 0.25) is 0 Å². The molecule has 7 nitrogen and oxygen atoms in total. The number of rotatable bonds is 8. The number of sulfonamides is 1. The minimum Gasteiger partial charge on any atom is -0.350 e. The minimum absolute atomic E-state index is 0.175. The second-order valence-electron chi connectivity index (χ2n) is 9.17. The summed E-state index contributed by atoms with van der Waals surface area (Å²) in [5.74, 6) is -0.783. The maximum atomic E-state index is 13.5. The standard InChI is InChI=1S/C24H32BrN3O4S/c1-17-10-12-19(13-11-17)15-27(18(2)23(30)26-24(3,4)5)22(29)16-28(33(6,31)32)21-9-7-8-20(25)14-21/h7-14,18H,15-16H2,1-6H3,(H,26,30)/t18-/m1/s1. The largest absolute Gasteiger partial charge is 0.350 e. The molecule has 9 heteroatoms. The third kappa shape index (κ3) is 8.16. The Kier molecular flexibility index (Phi) is 8.70. The van der Waals surface area contributed by atoms with Crippen LogP contribution in [0.3, 0.4) is 0 Å². The Morgan fingerprint density at radius 3 is 2.21 bits per heavy atom. The molecule has 0 saturated heterocycles. The number of amides is 2. The molecule has 0 aromatic heterocycles. The average Bonchev–Trinajstić information content (AvgIpc) is 2.68. The van der Waals surface area contributed by atoms with Crippen LogP contribution in [0.5, 0.6) is 0 Å². The highest BCUT2D eigenvalue weighted by atomic mass is 79.9. The molecule has 2 amide bonds. The van der Waals surface area contributed by atoms with E-state index in [0.717, 1.165) is 21.7 Å². The SMILES string of the molecule is Cc1ccc(CN(C(=O)CN(c2cccc(Br)c2)S(C)(=O)=O)[C@H](C)C(=O)NC(C)(C)C)cc1. The van der Waals surface area contributed by atoms with Crippen LogP contribution < -0.4 is 9.62 Å². The summed E-state index contributed by atoms with van der Waals surface area (Å²) in [5.41, 5.74) is 1.81. The number of benzene rings is 2. The van der Waals surface area contributed by atoms with Crippen LogP contribution in [0.1, 0.15) is 38.8 Å². The van der Waals surface area contributed by atoms with Gasteiger partial charge in [-0.2, -0.15) is 0 Å². The lowest BCUT2D eigenvalue weighted by Gasteiger charge is -2.33. The van der Waals surface area contributed by atoms with Gasteiger partial charge in [-0.3, -0.25) is 13.9 Å². The van der Waals surface area contributed by atoms with E-state index in [1.54, 1.807) is 31.2 Å². The summed E-state index contributed by atoms with van der Waals surface area (Å²) in [6, 6.07) is 13.6. The van der Waals surface area contributed by atoms with E-state index in [4.69, 9.17) is 0 Å². The highest BCUT2D eigenvalue weighted by Gasteiger charge is 2.31. The summed E-state index contributed by atoms with van der Waals surface area (Å²) in [6.45, 7) is 8.96. The molecule has 0 radical (unpaired) electrons. The van der Waals surface area contributed by atoms with Gasteiger partial charge in [0.15, 0.2) is 0 Å². The molecule has 2 aromatic carbocycles. The molecule has 0 unspecified atom stereocenters. The molecule has 2 aromatic rings. The molecule has 0 bridgehead atoms. The molecule has 2 rings (SSSR count). The van der Waals surface area contributed by atoms with E-state index in [-0.39, 0.29) is 12.5 Å². The molecule has 33 heavy (non-hydrogen) atoms. The van der Waals surface area contributed by atoms with Gasteiger partial charge < -0.3 is 10.2 Å². The zero-order valence-electron chi connectivity index (χ0n) is 19.9. The second-order valence-corrected chi connectivity index (χ2v) is 12.0. The number of hydrogen-bond acceptors (Lipinski definition) is 4. The van der Waals surface area contributed by atoms with E-state index < -0.39 is 34.1 Å². The van der Waals surface area contributed by atoms with Gasteiger partial charge in [-0.25, -0.2) is 8.42 Å². The first-order valence-corrected chi connectivity index (χ1v) is 13.2. The van der Waals surface area contributed by atoms with Gasteiger partial charge in [0.05, 0.1) is 11.9 Å². The fourth-order valence-electron chi connectivity index (χ4n) is 3.19. The van der Waals surface area contributed by atoms with Gasteiger partial charge in [-0.1, -0.05) is 51.8 Å². The van der Waals surface area contributed by atoms with Crippen molar-refractivity contribution in [3.05, 3.63) is 64.1 Å². The van der Waals surface area contributed by atoms with Crippen molar-refractivity contribution in [2.24, 2.45) is 0 Å². The second kappa shape index (κ2) is 10.7. The Labute approximate surface area is 205 Å². The highest BCUT2D eigenvalue weighted by Crippen LogP contribution is 2.23. The summed E-state index contributed by atoms with van der Waals surface area (Å²) in [7, 11) is -3.75. The van der Waals surface area contributed by atoms with Crippen molar-refractivity contribution in [1.29, 1.82) is 0 Å². The molecule has 0 fully saturated rings. The van der Waals surface area contributed by atoms with Crippen LogP contribution in [0.15, 0.2) is 53.0 Å². The number of carbonyl (C=O) groups is 2. The summed E-state index contributed by atoms with van der Waals surface area (Å²) in [4.78, 5) is 27.8. The van der Waals surface area contributed by atoms with Gasteiger partial charge in [0.25, 0.3) is 0 Å². The Morgan fingerprint density at radius 1 is 1.09 bits per heavy atom. The first kappa shape index (κ1) is 26.9. The first-order valence-electron chi connectivity index (χ1n) is 10.6. The van der Waals surface area contributed by atoms with Gasteiger partial charge >= 0.3 is 0 Å². The number of carbonyl (C=O) groups excluding carboxylic acids is 2. The fourth-order valence-corrected chi connectivity index (χ4v) is 4.42. The topological polar surface area (TPSA) is 86.8 Å². The van der Waals surface area contributed by atoms with E-state index in [2.05, 4.69) is 21.2 Å². The zero-order valence-corrected chi connectivity index (χ0v) is 22.3. The smallest absolute Gasteiger partial charge is 0.244 e. The molecule has 0 aliphatic rings. The van der Waals surface area contributed by atoms with Crippen molar-refractivity contribution >= 4 is 43.5 Å². The van der Waals surface area contributed by atoms with Gasteiger partial charge in [-0.15, -0.1) is 0 Å². The van der Waals surface area contributed by atoms with E-state index in [1.165, 1.54) is 4.90 Å². The number of aryl methyl sites for hydroxylation is 1. The van der Waals surface area contributed by atoms with Crippen molar-refractivity contribution in [3.8, 4) is 0 Å². The lowest BCUT2D eigenvalue weighted by atomic mass is 10.1. The molecule has 1 N–H and O–H groups in total. The van der Waals surface area contributed by atoms with Crippen molar-refractivity contribution < 1.29 is 18.0 Å². The first-order chi connectivity index (χ1) is 15.2. The van der Waals surface area contributed by atoms with E-state index in [9.17, 15) is 18.0 Å². The summed E-state index contributed by atoms with van der Waals surface area (Å²) in [6.07, 6.45) is 1.06. The molecule has 0 aliphatic carbocycles. The molecule has 180 valence electrons. The van der Waals surface area contributed by atoms with Crippen LogP contribution >= 0.6 is 15.9 Å². The van der Waals surface area contributed by atoms with Crippen LogP contribution in [0.4, 0.5) is 5.69 Å². The van der Waals surface area contributed by atoms with Crippen LogP contribution in [0, 0.1) is 6.92 Å². The molecule has 0 spiro atoms. The normalized spacial score (nSPS) is 12.7. The minimum atomic E-state index is -3.75. The van der Waals surface area contributed by atoms with Gasteiger partial charge in [-0.05, 0) is 58.4 Å². The molecular weight excluding hydrogens is 506 g/mol. The Morgan fingerprint density at radius 2 is 1.70 bits per heavy atom. The Bertz CT molecular complexity index is 1100. The van der Waals surface area contributed by atoms with E-state index in [0.29, 0.717) is 10.2 Å². The van der Waals surface area contributed by atoms with Crippen molar-refractivity contribution in [2.75, 3.05) is 17.1 Å². The third-order valence-electron chi connectivity index (χ3n) is 4.91. The third-order valence-corrected chi connectivity index (χ3v) is 6.55. The number of halogens is 1. The lowest BCUT2D eigenvalue weighted by molar-refractivity contribution is -0.140. The van der Waals surface area contributed by atoms with E-state index in [1.807, 2.05) is 52.0 Å². The summed E-state index contributed by atoms with van der Waals surface area (Å²) in [5, 5.41) is 2.90. The summed E-state index contributed by atoms with van der Waals surface area (Å²) < 4.78 is 26.8. The number of anilines is 1. The summed E-state index contributed by atoms with van der Waals surface area (Å²) >= 11 is 3.34. The monoisotopic (exact) mass is 537 g/mol. The molecule has 0 aliphatic heterocycles. The predicted molar refractivity (Wildman–Crippen MR) is 135 cm³/mol. The number of nitrogens with one attached hydrogen (secondary N) is 1. The fraction of sp³-hybridized carbons (Fsp3) is 0.417. The van der Waals surface area contributed by atoms with Crippen LogP contribution in [-0.2, 0) is 26.2 Å². The zero-order chi connectivity index (χ0) is 25.0. The maximum Gasteiger partial charge on any atom is 0.244 e. The van der Waals surface area contributed by atoms with E-state index >= 15 is 0 Å². The molecular formula is C24H32BrN3O4S. The average molecular weight is 539 g/mol. The Balaban J connectivity index is 2.39. The molecule has 1 atom stereocenters. The van der Waals surface area contributed by atoms with Gasteiger partial charge in [0.2, 0.25) is 21.8 Å². The highest BCUT2D eigenvalue weighted by molar-refractivity contribution is 9.10. The van der Waals surface area contributed by atoms with Gasteiger partial charge in [0, 0.05) is 16.6 Å². The van der Waals surface area contributed by atoms with Gasteiger partial charge in [0.1, 0.15) is 12.6 Å². The lowest BCUT2D eigenvalue weighted by Crippen LogP contribution is -2.54. The van der Waals surface area contributed by atoms with Crippen molar-refractivity contribution in [2.45, 2.75) is 52.7 Å². The van der Waals surface area contributed by atoms with Crippen molar-refractivity contribution in [1.82, 2.24) is 10.2 Å². The quantitative estimate of drug-likeness (QED) is 0.553. The molecule has 0 heterocycles. The van der Waals surface area contributed by atoms with Crippen LogP contribution in [-0.4, -0.2) is 49.5 Å². The molecule has 0 saturated carbocycles. The predicted octanol–water partition coefficient (Wildman–Crippen LogP) is 3.86. The number of hydrogen-bond donors (Lipinski definition) is 1. The Hall–Kier alpha value is -2.39. The number of nitrogens with zero attached hydrogens (tertiary/aromatic N) is 2.